The van der Waals surface area contributed by atoms with Crippen molar-refractivity contribution < 1.29 is 28.9 Å². The number of hydrogen-bond acceptors (Lipinski definition) is 8. The van der Waals surface area contributed by atoms with Gasteiger partial charge in [-0.25, -0.2) is 4.98 Å². The van der Waals surface area contributed by atoms with Gasteiger partial charge in [-0.15, -0.1) is 0 Å². The molecule has 1 aromatic carbocycles. The van der Waals surface area contributed by atoms with Crippen molar-refractivity contribution in [3.63, 3.8) is 0 Å². The van der Waals surface area contributed by atoms with E-state index in [0.717, 1.165) is 49.5 Å². The molecular weight excluding hydrogens is 500 g/mol. The number of fused-ring (bicyclic) bond motifs is 1. The number of nitrogens with one attached hydrogen (secondary N) is 2. The molecule has 2 aliphatic heterocycles. The molecule has 0 saturated carbocycles. The number of Topliss-reactive ketones (excluding diaryl/α,β-unsaturated/α-hetero) is 1. The summed E-state index contributed by atoms with van der Waals surface area (Å²) in [6.07, 6.45) is 3.87. The third kappa shape index (κ3) is 5.09. The van der Waals surface area contributed by atoms with E-state index in [1.54, 1.807) is 38.4 Å². The van der Waals surface area contributed by atoms with Gasteiger partial charge in [0.2, 0.25) is 5.78 Å². The van der Waals surface area contributed by atoms with E-state index in [0.29, 0.717) is 23.5 Å². The fourth-order valence-corrected chi connectivity index (χ4v) is 5.24. The monoisotopic (exact) mass is 534 g/mol. The van der Waals surface area contributed by atoms with Crippen molar-refractivity contribution in [1.29, 1.82) is 0 Å². The average Bonchev–Trinajstić information content (AvgIpc) is 3.45. The van der Waals surface area contributed by atoms with Crippen molar-refractivity contribution in [2.45, 2.75) is 27.0 Å². The van der Waals surface area contributed by atoms with Crippen LogP contribution in [0.15, 0.2) is 48.5 Å². The normalized spacial score (nSPS) is 22.9. The van der Waals surface area contributed by atoms with Gasteiger partial charge < -0.3 is 29.6 Å². The first kappa shape index (κ1) is 26.7. The largest absolute Gasteiger partial charge is 0.492 e. The van der Waals surface area contributed by atoms with E-state index in [1.807, 2.05) is 31.2 Å². The molecule has 5 rings (SSSR count). The zero-order chi connectivity index (χ0) is 27.6. The first-order valence-electron chi connectivity index (χ1n) is 13.2. The van der Waals surface area contributed by atoms with Gasteiger partial charge in [0.25, 0.3) is 0 Å². The molecule has 0 aliphatic carbocycles. The van der Waals surface area contributed by atoms with Gasteiger partial charge in [0, 0.05) is 48.7 Å². The van der Waals surface area contributed by atoms with E-state index in [9.17, 15) is 14.7 Å². The van der Waals surface area contributed by atoms with E-state index in [1.165, 1.54) is 0 Å². The van der Waals surface area contributed by atoms with Crippen LogP contribution in [0.5, 0.6) is 5.75 Å². The van der Waals surface area contributed by atoms with Gasteiger partial charge in [0.05, 0.1) is 13.2 Å². The van der Waals surface area contributed by atoms with Gasteiger partial charge in [0.15, 0.2) is 17.4 Å². The van der Waals surface area contributed by atoms with Gasteiger partial charge in [-0.3, -0.25) is 14.5 Å². The van der Waals surface area contributed by atoms with Gasteiger partial charge in [-0.2, -0.15) is 0 Å². The van der Waals surface area contributed by atoms with Crippen molar-refractivity contribution in [1.82, 2.24) is 14.9 Å². The standard InChI is InChI=1S/C29H34N4O6/c1-18(2)29(28(35)36)25(34)24(16-20-17-31-26-22(20)5-4-8-30-26)39-27(29)32-23-7-6-21(15-19(23)3)38-14-11-33-9-12-37-13-10-33/h4-8,15-18,27,32H,9-14H2,1-3H3,(H,30,31)(H,35,36). The smallest absolute Gasteiger partial charge is 0.323 e. The maximum absolute atomic E-state index is 13.7. The number of pyridine rings is 1. The van der Waals surface area contributed by atoms with Crippen LogP contribution in [0.2, 0.25) is 0 Å². The van der Waals surface area contributed by atoms with Crippen LogP contribution in [0.4, 0.5) is 5.69 Å². The number of anilines is 1. The molecule has 2 aromatic heterocycles. The summed E-state index contributed by atoms with van der Waals surface area (Å²) >= 11 is 0. The number of aromatic nitrogens is 2. The van der Waals surface area contributed by atoms with Crippen LogP contribution in [-0.2, 0) is 19.1 Å². The van der Waals surface area contributed by atoms with Crippen LogP contribution in [0.25, 0.3) is 17.1 Å². The molecule has 10 nitrogen and oxygen atoms in total. The molecule has 2 atom stereocenters. The van der Waals surface area contributed by atoms with Crippen LogP contribution in [0.3, 0.4) is 0 Å². The number of allylic oxidation sites excluding steroid dienone is 1. The van der Waals surface area contributed by atoms with Crippen molar-refractivity contribution in [2.75, 3.05) is 44.8 Å². The van der Waals surface area contributed by atoms with Crippen LogP contribution >= 0.6 is 0 Å². The zero-order valence-electron chi connectivity index (χ0n) is 22.4. The SMILES string of the molecule is Cc1cc(OCCN2CCOCC2)ccc1NC1OC(=Cc2c[nH]c3ncccc23)C(=O)C1(C(=O)O)C(C)C. The maximum atomic E-state index is 13.7. The number of ether oxygens (including phenoxy) is 3. The summed E-state index contributed by atoms with van der Waals surface area (Å²) in [4.78, 5) is 36.0. The van der Waals surface area contributed by atoms with Crippen molar-refractivity contribution in [3.05, 3.63) is 59.6 Å². The van der Waals surface area contributed by atoms with E-state index < -0.39 is 29.3 Å². The number of aryl methyl sites for hydroxylation is 1. The van der Waals surface area contributed by atoms with Crippen LogP contribution < -0.4 is 10.1 Å². The molecule has 4 heterocycles. The third-order valence-electron chi connectivity index (χ3n) is 7.56. The summed E-state index contributed by atoms with van der Waals surface area (Å²) in [5.41, 5.74) is 1.06. The summed E-state index contributed by atoms with van der Waals surface area (Å²) in [6, 6.07) is 9.23. The highest BCUT2D eigenvalue weighted by molar-refractivity contribution is 6.15. The predicted octanol–water partition coefficient (Wildman–Crippen LogP) is 3.69. The summed E-state index contributed by atoms with van der Waals surface area (Å²) in [5.74, 6) is -1.63. The van der Waals surface area contributed by atoms with Gasteiger partial charge in [-0.1, -0.05) is 13.8 Å². The fraction of sp³-hybridized carbons (Fsp3) is 0.414. The molecule has 2 aliphatic rings. The van der Waals surface area contributed by atoms with E-state index in [2.05, 4.69) is 20.2 Å². The number of carboxylic acid groups (broad SMARTS) is 1. The van der Waals surface area contributed by atoms with Gasteiger partial charge >= 0.3 is 5.97 Å². The minimum Gasteiger partial charge on any atom is -0.492 e. The number of aliphatic carboxylic acids is 1. The molecule has 10 heteroatoms. The maximum Gasteiger partial charge on any atom is 0.323 e. The molecule has 0 radical (unpaired) electrons. The molecule has 3 N–H and O–H groups in total. The first-order valence-corrected chi connectivity index (χ1v) is 13.2. The number of aromatic amines is 1. The Morgan fingerprint density at radius 2 is 2.13 bits per heavy atom. The molecule has 2 unspecified atom stereocenters. The lowest BCUT2D eigenvalue weighted by Gasteiger charge is -2.32. The third-order valence-corrected chi connectivity index (χ3v) is 7.56. The van der Waals surface area contributed by atoms with Crippen molar-refractivity contribution in [2.24, 2.45) is 11.3 Å². The summed E-state index contributed by atoms with van der Waals surface area (Å²) in [6.45, 7) is 10.0. The molecule has 0 bridgehead atoms. The molecule has 0 amide bonds. The highest BCUT2D eigenvalue weighted by atomic mass is 16.5. The second kappa shape index (κ2) is 11.1. The summed E-state index contributed by atoms with van der Waals surface area (Å²) < 4.78 is 17.4. The Labute approximate surface area is 227 Å². The molecule has 2 saturated heterocycles. The molecule has 0 spiro atoms. The average molecular weight is 535 g/mol. The number of rotatable bonds is 9. The van der Waals surface area contributed by atoms with E-state index in [-0.39, 0.29) is 5.76 Å². The van der Waals surface area contributed by atoms with E-state index >= 15 is 0 Å². The van der Waals surface area contributed by atoms with Gasteiger partial charge in [-0.05, 0) is 54.8 Å². The second-order valence-electron chi connectivity index (χ2n) is 10.2. The predicted molar refractivity (Wildman–Crippen MR) is 146 cm³/mol. The molecule has 3 aromatic rings. The molecule has 39 heavy (non-hydrogen) atoms. The number of benzene rings is 1. The summed E-state index contributed by atoms with van der Waals surface area (Å²) in [5, 5.41) is 14.4. The Bertz CT molecular complexity index is 1390. The number of H-pyrrole nitrogens is 1. The number of morpholine rings is 1. The Kier molecular flexibility index (Phi) is 7.58. The zero-order valence-corrected chi connectivity index (χ0v) is 22.4. The lowest BCUT2D eigenvalue weighted by atomic mass is 9.72. The fourth-order valence-electron chi connectivity index (χ4n) is 5.24. The van der Waals surface area contributed by atoms with Crippen LogP contribution in [0, 0.1) is 18.3 Å². The second-order valence-corrected chi connectivity index (χ2v) is 10.2. The minimum absolute atomic E-state index is 0.00549. The highest BCUT2D eigenvalue weighted by Crippen LogP contribution is 2.45. The van der Waals surface area contributed by atoms with Crippen molar-refractivity contribution in [3.8, 4) is 5.75 Å². The molecule has 2 fully saturated rings. The van der Waals surface area contributed by atoms with Crippen LogP contribution in [-0.4, -0.2) is 77.4 Å². The molecular formula is C29H34N4O6. The number of nitrogens with zero attached hydrogens (tertiary/aromatic N) is 2. The minimum atomic E-state index is -1.81. The Hall–Kier alpha value is -3.89. The number of ketones is 1. The number of hydrogen-bond donors (Lipinski definition) is 3. The number of carboxylic acids is 1. The Morgan fingerprint density at radius 3 is 2.85 bits per heavy atom. The quantitative estimate of drug-likeness (QED) is 0.278. The topological polar surface area (TPSA) is 126 Å². The van der Waals surface area contributed by atoms with Crippen LogP contribution in [0.1, 0.15) is 25.0 Å². The highest BCUT2D eigenvalue weighted by Gasteiger charge is 2.63. The number of carbonyl (C=O) groups excluding carboxylic acids is 1. The Balaban J connectivity index is 1.37. The van der Waals surface area contributed by atoms with Gasteiger partial charge in [0.1, 0.15) is 18.0 Å². The first-order chi connectivity index (χ1) is 18.8. The lowest BCUT2D eigenvalue weighted by molar-refractivity contribution is -0.158. The number of carbonyl (C=O) groups is 2. The summed E-state index contributed by atoms with van der Waals surface area (Å²) in [7, 11) is 0. The Morgan fingerprint density at radius 1 is 1.33 bits per heavy atom. The lowest BCUT2D eigenvalue weighted by Crippen LogP contribution is -2.51. The molecule has 206 valence electrons. The van der Waals surface area contributed by atoms with E-state index in [4.69, 9.17) is 14.2 Å². The van der Waals surface area contributed by atoms with Crippen molar-refractivity contribution >= 4 is 34.5 Å².